The van der Waals surface area contributed by atoms with Crippen LogP contribution in [-0.2, 0) is 10.0 Å². The lowest BCUT2D eigenvalue weighted by atomic mass is 10.3. The maximum absolute atomic E-state index is 12.2. The quantitative estimate of drug-likeness (QED) is 0.674. The monoisotopic (exact) mass is 346 g/mol. The van der Waals surface area contributed by atoms with Gasteiger partial charge in [-0.15, -0.1) is 0 Å². The first-order valence-electron chi connectivity index (χ1n) is 5.52. The van der Waals surface area contributed by atoms with E-state index in [0.717, 1.165) is 6.07 Å². The number of hydrogen-bond donors (Lipinski definition) is 1. The molecule has 2 rings (SSSR count). The van der Waals surface area contributed by atoms with Gasteiger partial charge in [0.2, 0.25) is 0 Å². The van der Waals surface area contributed by atoms with Crippen molar-refractivity contribution in [2.75, 3.05) is 4.72 Å². The standard InChI is InChI=1S/C12H8Cl2N2O4S/c13-8-1-4-10(5-2-8)21(19,20)15-12-7-9(16(17)18)3-6-11(12)14/h1-7,15H. The highest BCUT2D eigenvalue weighted by atomic mass is 35.5. The van der Waals surface area contributed by atoms with E-state index in [4.69, 9.17) is 23.2 Å². The maximum Gasteiger partial charge on any atom is 0.271 e. The van der Waals surface area contributed by atoms with Crippen LogP contribution in [0.5, 0.6) is 0 Å². The number of nitro benzene ring substituents is 1. The zero-order chi connectivity index (χ0) is 15.6. The topological polar surface area (TPSA) is 89.3 Å². The van der Waals surface area contributed by atoms with Gasteiger partial charge in [-0.25, -0.2) is 8.42 Å². The molecule has 0 amide bonds. The van der Waals surface area contributed by atoms with Gasteiger partial charge in [-0.3, -0.25) is 14.8 Å². The van der Waals surface area contributed by atoms with E-state index < -0.39 is 14.9 Å². The zero-order valence-corrected chi connectivity index (χ0v) is 12.6. The van der Waals surface area contributed by atoms with E-state index in [9.17, 15) is 18.5 Å². The first-order valence-corrected chi connectivity index (χ1v) is 7.76. The zero-order valence-electron chi connectivity index (χ0n) is 10.3. The minimum absolute atomic E-state index is 0.0329. The molecule has 0 atom stereocenters. The predicted octanol–water partition coefficient (Wildman–Crippen LogP) is 3.70. The molecule has 0 saturated carbocycles. The van der Waals surface area contributed by atoms with Crippen LogP contribution >= 0.6 is 23.2 Å². The van der Waals surface area contributed by atoms with Crippen molar-refractivity contribution in [1.29, 1.82) is 0 Å². The third kappa shape index (κ3) is 3.63. The minimum atomic E-state index is -3.91. The van der Waals surface area contributed by atoms with Crippen LogP contribution in [0.4, 0.5) is 11.4 Å². The smallest absolute Gasteiger partial charge is 0.271 e. The molecule has 0 heterocycles. The van der Waals surface area contributed by atoms with E-state index in [-0.39, 0.29) is 21.3 Å². The van der Waals surface area contributed by atoms with E-state index in [1.54, 1.807) is 0 Å². The Balaban J connectivity index is 2.38. The van der Waals surface area contributed by atoms with E-state index in [1.807, 2.05) is 0 Å². The molecule has 0 saturated heterocycles. The summed E-state index contributed by atoms with van der Waals surface area (Å²) in [6.45, 7) is 0. The third-order valence-electron chi connectivity index (χ3n) is 2.53. The molecule has 2 aromatic rings. The molecular formula is C12H8Cl2N2O4S. The van der Waals surface area contributed by atoms with E-state index in [2.05, 4.69) is 4.72 Å². The lowest BCUT2D eigenvalue weighted by molar-refractivity contribution is -0.384. The normalized spacial score (nSPS) is 11.1. The van der Waals surface area contributed by atoms with Gasteiger partial charge in [0.05, 0.1) is 20.5 Å². The van der Waals surface area contributed by atoms with Gasteiger partial charge in [0.1, 0.15) is 0 Å². The fraction of sp³-hybridized carbons (Fsp3) is 0. The van der Waals surface area contributed by atoms with Gasteiger partial charge in [0.25, 0.3) is 15.7 Å². The van der Waals surface area contributed by atoms with Crippen molar-refractivity contribution in [1.82, 2.24) is 0 Å². The Bertz CT molecular complexity index is 791. The number of halogens is 2. The van der Waals surface area contributed by atoms with Crippen LogP contribution in [0.15, 0.2) is 47.4 Å². The van der Waals surface area contributed by atoms with Gasteiger partial charge in [-0.05, 0) is 30.3 Å². The Labute approximate surface area is 130 Å². The van der Waals surface area contributed by atoms with Gasteiger partial charge in [-0.1, -0.05) is 23.2 Å². The van der Waals surface area contributed by atoms with Gasteiger partial charge in [0, 0.05) is 17.2 Å². The molecule has 0 unspecified atom stereocenters. The van der Waals surface area contributed by atoms with E-state index in [0.29, 0.717) is 5.02 Å². The lowest BCUT2D eigenvalue weighted by Crippen LogP contribution is -2.13. The second kappa shape index (κ2) is 5.88. The van der Waals surface area contributed by atoms with E-state index >= 15 is 0 Å². The van der Waals surface area contributed by atoms with Crippen molar-refractivity contribution in [3.63, 3.8) is 0 Å². The van der Waals surface area contributed by atoms with Crippen LogP contribution < -0.4 is 4.72 Å². The average Bonchev–Trinajstić information content (AvgIpc) is 2.41. The molecule has 0 aliphatic carbocycles. The number of anilines is 1. The van der Waals surface area contributed by atoms with Crippen molar-refractivity contribution in [2.24, 2.45) is 0 Å². The fourth-order valence-electron chi connectivity index (χ4n) is 1.52. The molecule has 1 N–H and O–H groups in total. The number of hydrogen-bond acceptors (Lipinski definition) is 4. The summed E-state index contributed by atoms with van der Waals surface area (Å²) in [5.41, 5.74) is -0.339. The predicted molar refractivity (Wildman–Crippen MR) is 80.4 cm³/mol. The van der Waals surface area contributed by atoms with Crippen LogP contribution in [0.1, 0.15) is 0 Å². The third-order valence-corrected chi connectivity index (χ3v) is 4.49. The summed E-state index contributed by atoms with van der Waals surface area (Å²) < 4.78 is 26.5. The second-order valence-electron chi connectivity index (χ2n) is 3.98. The molecule has 0 bridgehead atoms. The number of nitrogens with one attached hydrogen (secondary N) is 1. The summed E-state index contributed by atoms with van der Waals surface area (Å²) >= 11 is 11.5. The number of rotatable bonds is 4. The Morgan fingerprint density at radius 3 is 2.24 bits per heavy atom. The summed E-state index contributed by atoms with van der Waals surface area (Å²) in [4.78, 5) is 10.0. The summed E-state index contributed by atoms with van der Waals surface area (Å²) in [5.74, 6) is 0. The molecule has 0 fully saturated rings. The Kier molecular flexibility index (Phi) is 4.36. The Morgan fingerprint density at radius 1 is 1.05 bits per heavy atom. The van der Waals surface area contributed by atoms with Gasteiger partial charge >= 0.3 is 0 Å². The highest BCUT2D eigenvalue weighted by Gasteiger charge is 2.18. The molecule has 0 radical (unpaired) electrons. The molecular weight excluding hydrogens is 339 g/mol. The average molecular weight is 347 g/mol. The van der Waals surface area contributed by atoms with Crippen molar-refractivity contribution in [3.05, 3.63) is 62.6 Å². The highest BCUT2D eigenvalue weighted by molar-refractivity contribution is 7.92. The van der Waals surface area contributed by atoms with Gasteiger partial charge in [-0.2, -0.15) is 0 Å². The van der Waals surface area contributed by atoms with Crippen molar-refractivity contribution in [2.45, 2.75) is 4.90 Å². The Hall–Kier alpha value is -1.83. The second-order valence-corrected chi connectivity index (χ2v) is 6.51. The van der Waals surface area contributed by atoms with Gasteiger partial charge < -0.3 is 0 Å². The Morgan fingerprint density at radius 2 is 1.67 bits per heavy atom. The van der Waals surface area contributed by atoms with Crippen LogP contribution in [0.2, 0.25) is 10.0 Å². The minimum Gasteiger partial charge on any atom is -0.278 e. The molecule has 0 spiro atoms. The molecule has 9 heteroatoms. The summed E-state index contributed by atoms with van der Waals surface area (Å²) in [5, 5.41) is 11.2. The van der Waals surface area contributed by atoms with Crippen LogP contribution in [0.3, 0.4) is 0 Å². The summed E-state index contributed by atoms with van der Waals surface area (Å²) in [6, 6.07) is 8.96. The highest BCUT2D eigenvalue weighted by Crippen LogP contribution is 2.29. The molecule has 110 valence electrons. The fourth-order valence-corrected chi connectivity index (χ4v) is 2.94. The first kappa shape index (κ1) is 15.6. The molecule has 0 aromatic heterocycles. The van der Waals surface area contributed by atoms with Crippen molar-refractivity contribution in [3.8, 4) is 0 Å². The first-order chi connectivity index (χ1) is 9.79. The number of sulfonamides is 1. The number of nitrogens with zero attached hydrogens (tertiary/aromatic N) is 1. The molecule has 0 aliphatic heterocycles. The maximum atomic E-state index is 12.2. The lowest BCUT2D eigenvalue weighted by Gasteiger charge is -2.09. The molecule has 2 aromatic carbocycles. The number of benzene rings is 2. The van der Waals surface area contributed by atoms with Crippen LogP contribution in [0.25, 0.3) is 0 Å². The largest absolute Gasteiger partial charge is 0.278 e. The molecule has 21 heavy (non-hydrogen) atoms. The summed E-state index contributed by atoms with van der Waals surface area (Å²) in [7, 11) is -3.91. The van der Waals surface area contributed by atoms with Crippen molar-refractivity contribution >= 4 is 44.6 Å². The van der Waals surface area contributed by atoms with E-state index in [1.165, 1.54) is 36.4 Å². The number of nitro groups is 1. The SMILES string of the molecule is O=[N+]([O-])c1ccc(Cl)c(NS(=O)(=O)c2ccc(Cl)cc2)c1. The number of non-ortho nitro benzene ring substituents is 1. The van der Waals surface area contributed by atoms with Crippen LogP contribution in [0, 0.1) is 10.1 Å². The van der Waals surface area contributed by atoms with Crippen LogP contribution in [-0.4, -0.2) is 13.3 Å². The molecule has 0 aliphatic rings. The molecule has 6 nitrogen and oxygen atoms in total. The summed E-state index contributed by atoms with van der Waals surface area (Å²) in [6.07, 6.45) is 0. The van der Waals surface area contributed by atoms with Crippen molar-refractivity contribution < 1.29 is 13.3 Å². The van der Waals surface area contributed by atoms with Gasteiger partial charge in [0.15, 0.2) is 0 Å².